The van der Waals surface area contributed by atoms with Crippen LogP contribution in [-0.2, 0) is 14.3 Å². The van der Waals surface area contributed by atoms with Crippen LogP contribution in [0, 0.1) is 5.82 Å². The highest BCUT2D eigenvalue weighted by molar-refractivity contribution is 6.20. The highest BCUT2D eigenvalue weighted by atomic mass is 19.1. The Morgan fingerprint density at radius 2 is 1.81 bits per heavy atom. The molecule has 2 aliphatic rings. The Kier molecular flexibility index (Phi) is 6.20. The number of benzodiazepines with no additional fused rings is 1. The number of anilines is 1. The molecule has 0 aliphatic carbocycles. The van der Waals surface area contributed by atoms with E-state index < -0.39 is 29.7 Å². The molecule has 32 heavy (non-hydrogen) atoms. The number of hydrogen-bond acceptors (Lipinski definition) is 5. The van der Waals surface area contributed by atoms with E-state index in [1.165, 1.54) is 11.0 Å². The summed E-state index contributed by atoms with van der Waals surface area (Å²) in [6.07, 6.45) is -0.773. The van der Waals surface area contributed by atoms with Crippen molar-refractivity contribution in [3.63, 3.8) is 0 Å². The van der Waals surface area contributed by atoms with Crippen LogP contribution in [0.4, 0.5) is 14.9 Å². The lowest BCUT2D eigenvalue weighted by Gasteiger charge is -2.23. The van der Waals surface area contributed by atoms with Crippen molar-refractivity contribution in [2.24, 2.45) is 4.99 Å². The second-order valence-corrected chi connectivity index (χ2v) is 7.76. The predicted octanol–water partition coefficient (Wildman–Crippen LogP) is 2.42. The number of ether oxygens (including phenoxy) is 2. The molecule has 4 rings (SSSR count). The largest absolute Gasteiger partial charge is 0.348 e. The second-order valence-electron chi connectivity index (χ2n) is 7.76. The molecule has 2 heterocycles. The lowest BCUT2D eigenvalue weighted by molar-refractivity contribution is -0.145. The van der Waals surface area contributed by atoms with Gasteiger partial charge in [0.25, 0.3) is 5.91 Å². The number of carbonyl (C=O) groups is 2. The molecule has 2 aromatic carbocycles. The number of carbonyl (C=O) groups excluding carboxylic acids is 2. The molecule has 168 valence electrons. The van der Waals surface area contributed by atoms with E-state index in [9.17, 15) is 14.0 Å². The average molecular weight is 440 g/mol. The molecule has 8 nitrogen and oxygen atoms in total. The van der Waals surface area contributed by atoms with Gasteiger partial charge in [0.2, 0.25) is 6.17 Å². The number of nitrogens with zero attached hydrogens (tertiary/aromatic N) is 2. The van der Waals surface area contributed by atoms with Crippen LogP contribution >= 0.6 is 0 Å². The summed E-state index contributed by atoms with van der Waals surface area (Å²) in [5.41, 5.74) is 1.72. The molecule has 2 N–H and O–H groups in total. The number of rotatable bonds is 5. The Morgan fingerprint density at radius 1 is 1.16 bits per heavy atom. The third kappa shape index (κ3) is 4.49. The van der Waals surface area contributed by atoms with Crippen molar-refractivity contribution in [1.82, 2.24) is 10.6 Å². The second kappa shape index (κ2) is 9.05. The lowest BCUT2D eigenvalue weighted by Crippen LogP contribution is -2.50. The number of nitrogens with one attached hydrogen (secondary N) is 2. The molecule has 1 unspecified atom stereocenters. The Bertz CT molecular complexity index is 1050. The van der Waals surface area contributed by atoms with Crippen LogP contribution in [0.5, 0.6) is 0 Å². The fourth-order valence-electron chi connectivity index (χ4n) is 3.76. The van der Waals surface area contributed by atoms with E-state index in [2.05, 4.69) is 15.6 Å². The zero-order valence-electron chi connectivity index (χ0n) is 17.9. The monoisotopic (exact) mass is 440 g/mol. The fourth-order valence-corrected chi connectivity index (χ4v) is 3.76. The molecule has 0 bridgehead atoms. The van der Waals surface area contributed by atoms with E-state index in [1.54, 1.807) is 49.5 Å². The maximum atomic E-state index is 14.6. The van der Waals surface area contributed by atoms with E-state index in [0.29, 0.717) is 36.6 Å². The third-order valence-corrected chi connectivity index (χ3v) is 5.50. The van der Waals surface area contributed by atoms with Gasteiger partial charge in [-0.05, 0) is 25.1 Å². The molecule has 1 fully saturated rings. The summed E-state index contributed by atoms with van der Waals surface area (Å²) in [6, 6.07) is 12.8. The van der Waals surface area contributed by atoms with Gasteiger partial charge in [0.05, 0.1) is 24.6 Å². The minimum absolute atomic E-state index is 0.249. The highest BCUT2D eigenvalue weighted by Gasteiger charge is 2.33. The third-order valence-electron chi connectivity index (χ3n) is 5.50. The number of aliphatic imine (C=N–C) groups is 1. The van der Waals surface area contributed by atoms with Crippen LogP contribution in [0.1, 0.15) is 24.5 Å². The number of urea groups is 1. The van der Waals surface area contributed by atoms with Crippen molar-refractivity contribution in [2.75, 3.05) is 31.7 Å². The molecule has 0 radical (unpaired) electrons. The predicted molar refractivity (Wildman–Crippen MR) is 117 cm³/mol. The van der Waals surface area contributed by atoms with Crippen molar-refractivity contribution < 1.29 is 23.5 Å². The van der Waals surface area contributed by atoms with Gasteiger partial charge in [-0.3, -0.25) is 4.79 Å². The lowest BCUT2D eigenvalue weighted by atomic mass is 10.00. The number of para-hydroxylation sites is 1. The summed E-state index contributed by atoms with van der Waals surface area (Å²) in [4.78, 5) is 31.5. The molecule has 0 aromatic heterocycles. The highest BCUT2D eigenvalue weighted by Crippen LogP contribution is 2.28. The van der Waals surface area contributed by atoms with Gasteiger partial charge in [0.1, 0.15) is 5.82 Å². The van der Waals surface area contributed by atoms with Crippen LogP contribution < -0.4 is 15.5 Å². The maximum absolute atomic E-state index is 14.6. The number of amides is 3. The number of fused-ring (bicyclic) bond motifs is 1. The summed E-state index contributed by atoms with van der Waals surface area (Å²) in [5, 5.41) is 5.30. The summed E-state index contributed by atoms with van der Waals surface area (Å²) in [7, 11) is 1.60. The Hall–Kier alpha value is -3.30. The molecule has 0 spiro atoms. The minimum Gasteiger partial charge on any atom is -0.348 e. The van der Waals surface area contributed by atoms with Crippen molar-refractivity contribution in [1.29, 1.82) is 0 Å². The summed E-state index contributed by atoms with van der Waals surface area (Å²) < 4.78 is 25.7. The van der Waals surface area contributed by atoms with Gasteiger partial charge in [-0.25, -0.2) is 14.2 Å². The quantitative estimate of drug-likeness (QED) is 0.747. The summed E-state index contributed by atoms with van der Waals surface area (Å²) in [5.74, 6) is -1.64. The Balaban J connectivity index is 1.57. The number of benzene rings is 2. The molecule has 2 aliphatic heterocycles. The van der Waals surface area contributed by atoms with Crippen molar-refractivity contribution in [3.05, 3.63) is 65.5 Å². The molecular weight excluding hydrogens is 415 g/mol. The van der Waals surface area contributed by atoms with Crippen molar-refractivity contribution >= 4 is 23.3 Å². The number of hydrogen-bond donors (Lipinski definition) is 2. The van der Waals surface area contributed by atoms with Gasteiger partial charge in [-0.2, -0.15) is 0 Å². The molecule has 0 saturated carbocycles. The topological polar surface area (TPSA) is 92.3 Å². The Morgan fingerprint density at radius 3 is 2.53 bits per heavy atom. The van der Waals surface area contributed by atoms with E-state index in [-0.39, 0.29) is 12.1 Å². The average Bonchev–Trinajstić information content (AvgIpc) is 3.19. The first-order valence-electron chi connectivity index (χ1n) is 10.4. The number of halogens is 1. The normalized spacial score (nSPS) is 19.7. The maximum Gasteiger partial charge on any atom is 0.316 e. The van der Waals surface area contributed by atoms with Crippen molar-refractivity contribution in [2.45, 2.75) is 25.3 Å². The zero-order valence-corrected chi connectivity index (χ0v) is 17.9. The van der Waals surface area contributed by atoms with Gasteiger partial charge in [0, 0.05) is 31.1 Å². The molecule has 1 saturated heterocycles. The van der Waals surface area contributed by atoms with Crippen LogP contribution in [0.15, 0.2) is 53.5 Å². The summed E-state index contributed by atoms with van der Waals surface area (Å²) in [6.45, 7) is 3.12. The molecular formula is C23H25FN4O4. The van der Waals surface area contributed by atoms with E-state index >= 15 is 0 Å². The first-order chi connectivity index (χ1) is 15.4. The summed E-state index contributed by atoms with van der Waals surface area (Å²) >= 11 is 0. The van der Waals surface area contributed by atoms with Gasteiger partial charge in [-0.15, -0.1) is 0 Å². The van der Waals surface area contributed by atoms with Crippen LogP contribution in [0.25, 0.3) is 0 Å². The van der Waals surface area contributed by atoms with Gasteiger partial charge in [-0.1, -0.05) is 30.3 Å². The standard InChI is InChI=1S/C23H25FN4O4/c1-23(31-13-14-32-23)11-12-25-22(30)27-20-21(29)28(2)18-10-6-4-8-16(18)19(26-20)15-7-3-5-9-17(15)24/h3-10,20H,11-14H2,1-2H3,(H2,25,27,30). The van der Waals surface area contributed by atoms with Gasteiger partial charge >= 0.3 is 6.03 Å². The first-order valence-corrected chi connectivity index (χ1v) is 10.4. The van der Waals surface area contributed by atoms with Gasteiger partial charge in [0.15, 0.2) is 5.79 Å². The van der Waals surface area contributed by atoms with Crippen LogP contribution in [-0.4, -0.2) is 56.4 Å². The van der Waals surface area contributed by atoms with E-state index in [4.69, 9.17) is 9.47 Å². The molecule has 1 atom stereocenters. The van der Waals surface area contributed by atoms with Gasteiger partial charge < -0.3 is 25.0 Å². The van der Waals surface area contributed by atoms with E-state index in [1.807, 2.05) is 6.92 Å². The Labute approximate surface area is 185 Å². The SMILES string of the molecule is CN1C(=O)C(NC(=O)NCCC2(C)OCCO2)N=C(c2ccccc2F)c2ccccc21. The molecule has 3 amide bonds. The number of likely N-dealkylation sites (N-methyl/N-ethyl adjacent to an activating group) is 1. The molecule has 2 aromatic rings. The van der Waals surface area contributed by atoms with E-state index in [0.717, 1.165) is 0 Å². The minimum atomic E-state index is -1.23. The first kappa shape index (κ1) is 21.9. The smallest absolute Gasteiger partial charge is 0.316 e. The van der Waals surface area contributed by atoms with Crippen LogP contribution in [0.3, 0.4) is 0 Å². The molecule has 9 heteroatoms. The van der Waals surface area contributed by atoms with Crippen LogP contribution in [0.2, 0.25) is 0 Å². The zero-order chi connectivity index (χ0) is 22.7. The fraction of sp³-hybridized carbons (Fsp3) is 0.348. The van der Waals surface area contributed by atoms with Crippen molar-refractivity contribution in [3.8, 4) is 0 Å².